The SMILES string of the molecule is [CH2]C=Cc1ccc2ncccc2c1. The van der Waals surface area contributed by atoms with Crippen molar-refractivity contribution < 1.29 is 0 Å². The van der Waals surface area contributed by atoms with Gasteiger partial charge in [-0.1, -0.05) is 24.3 Å². The molecule has 0 aliphatic heterocycles. The second-order valence-electron chi connectivity index (χ2n) is 2.86. The normalized spacial score (nSPS) is 11.2. The van der Waals surface area contributed by atoms with E-state index in [4.69, 9.17) is 0 Å². The van der Waals surface area contributed by atoms with Gasteiger partial charge in [-0.15, -0.1) is 0 Å². The second-order valence-corrected chi connectivity index (χ2v) is 2.86. The lowest BCUT2D eigenvalue weighted by Crippen LogP contribution is -1.78. The average Bonchev–Trinajstić information content (AvgIpc) is 2.18. The van der Waals surface area contributed by atoms with E-state index in [9.17, 15) is 0 Å². The summed E-state index contributed by atoms with van der Waals surface area (Å²) in [4.78, 5) is 4.24. The molecular formula is C12H10N. The molecule has 0 unspecified atom stereocenters. The van der Waals surface area contributed by atoms with Crippen molar-refractivity contribution in [2.45, 2.75) is 0 Å². The van der Waals surface area contributed by atoms with E-state index in [1.54, 1.807) is 12.3 Å². The van der Waals surface area contributed by atoms with Crippen LogP contribution in [0.5, 0.6) is 0 Å². The van der Waals surface area contributed by atoms with Crippen LogP contribution in [0.2, 0.25) is 0 Å². The van der Waals surface area contributed by atoms with Crippen LogP contribution in [0.4, 0.5) is 0 Å². The van der Waals surface area contributed by atoms with Crippen molar-refractivity contribution in [3.63, 3.8) is 0 Å². The van der Waals surface area contributed by atoms with Crippen LogP contribution < -0.4 is 0 Å². The summed E-state index contributed by atoms with van der Waals surface area (Å²) in [6.45, 7) is 3.66. The van der Waals surface area contributed by atoms with Crippen molar-refractivity contribution in [2.75, 3.05) is 0 Å². The van der Waals surface area contributed by atoms with E-state index < -0.39 is 0 Å². The van der Waals surface area contributed by atoms with Crippen molar-refractivity contribution in [3.05, 3.63) is 55.1 Å². The van der Waals surface area contributed by atoms with Gasteiger partial charge in [-0.2, -0.15) is 0 Å². The second kappa shape index (κ2) is 3.40. The zero-order chi connectivity index (χ0) is 9.10. The Bertz CT molecular complexity index is 444. The lowest BCUT2D eigenvalue weighted by Gasteiger charge is -1.97. The first-order valence-electron chi connectivity index (χ1n) is 4.21. The van der Waals surface area contributed by atoms with E-state index in [2.05, 4.69) is 24.0 Å². The molecule has 0 saturated heterocycles. The zero-order valence-corrected chi connectivity index (χ0v) is 7.27. The molecule has 1 heteroatoms. The highest BCUT2D eigenvalue weighted by atomic mass is 14.6. The van der Waals surface area contributed by atoms with Gasteiger partial charge in [-0.3, -0.25) is 4.98 Å². The standard InChI is InChI=1S/C12H10N/c1-2-4-10-6-7-12-11(9-10)5-3-8-13-12/h2-9H,1H2. The number of pyridine rings is 1. The molecule has 1 heterocycles. The van der Waals surface area contributed by atoms with E-state index in [0.29, 0.717) is 0 Å². The van der Waals surface area contributed by atoms with Gasteiger partial charge in [0.25, 0.3) is 0 Å². The molecule has 2 aromatic rings. The summed E-state index contributed by atoms with van der Waals surface area (Å²) in [6, 6.07) is 10.2. The molecule has 63 valence electrons. The van der Waals surface area contributed by atoms with Gasteiger partial charge in [-0.25, -0.2) is 0 Å². The summed E-state index contributed by atoms with van der Waals surface area (Å²) in [5, 5.41) is 1.16. The summed E-state index contributed by atoms with van der Waals surface area (Å²) >= 11 is 0. The average molecular weight is 168 g/mol. The molecule has 0 aliphatic rings. The molecule has 13 heavy (non-hydrogen) atoms. The molecule has 1 aromatic heterocycles. The van der Waals surface area contributed by atoms with Gasteiger partial charge in [-0.05, 0) is 30.7 Å². The first kappa shape index (κ1) is 7.99. The van der Waals surface area contributed by atoms with Crippen molar-refractivity contribution in [1.29, 1.82) is 0 Å². The quantitative estimate of drug-likeness (QED) is 0.637. The fourth-order valence-corrected chi connectivity index (χ4v) is 1.33. The summed E-state index contributed by atoms with van der Waals surface area (Å²) in [5.41, 5.74) is 2.19. The minimum atomic E-state index is 1.03. The van der Waals surface area contributed by atoms with E-state index >= 15 is 0 Å². The highest BCUT2D eigenvalue weighted by Crippen LogP contribution is 2.13. The Hall–Kier alpha value is -1.63. The van der Waals surface area contributed by atoms with Crippen LogP contribution in [0.3, 0.4) is 0 Å². The molecule has 0 aliphatic carbocycles. The number of aromatic nitrogens is 1. The molecule has 0 saturated carbocycles. The Labute approximate surface area is 77.7 Å². The molecule has 2 rings (SSSR count). The first-order valence-corrected chi connectivity index (χ1v) is 4.21. The van der Waals surface area contributed by atoms with Crippen molar-refractivity contribution in [2.24, 2.45) is 0 Å². The van der Waals surface area contributed by atoms with Gasteiger partial charge in [0.1, 0.15) is 0 Å². The molecule has 0 N–H and O–H groups in total. The summed E-state index contributed by atoms with van der Waals surface area (Å²) in [5.74, 6) is 0. The highest BCUT2D eigenvalue weighted by Gasteiger charge is 1.92. The van der Waals surface area contributed by atoms with Crippen molar-refractivity contribution in [3.8, 4) is 0 Å². The third-order valence-electron chi connectivity index (χ3n) is 1.94. The number of benzene rings is 1. The third-order valence-corrected chi connectivity index (χ3v) is 1.94. The van der Waals surface area contributed by atoms with Gasteiger partial charge in [0.15, 0.2) is 0 Å². The molecule has 0 spiro atoms. The topological polar surface area (TPSA) is 12.9 Å². The third kappa shape index (κ3) is 1.59. The van der Waals surface area contributed by atoms with Crippen molar-refractivity contribution in [1.82, 2.24) is 4.98 Å². The monoisotopic (exact) mass is 168 g/mol. The molecule has 0 amide bonds. The lowest BCUT2D eigenvalue weighted by molar-refractivity contribution is 1.41. The Morgan fingerprint density at radius 1 is 1.23 bits per heavy atom. The molecule has 0 fully saturated rings. The molecule has 0 atom stereocenters. The van der Waals surface area contributed by atoms with Crippen LogP contribution in [0.15, 0.2) is 42.6 Å². The van der Waals surface area contributed by atoms with Crippen LogP contribution in [0.1, 0.15) is 5.56 Å². The predicted octanol–water partition coefficient (Wildman–Crippen LogP) is 3.08. The zero-order valence-electron chi connectivity index (χ0n) is 7.27. The number of hydrogen-bond acceptors (Lipinski definition) is 1. The Balaban J connectivity index is 2.62. The minimum Gasteiger partial charge on any atom is -0.256 e. The fourth-order valence-electron chi connectivity index (χ4n) is 1.33. The van der Waals surface area contributed by atoms with E-state index in [-0.39, 0.29) is 0 Å². The molecular weight excluding hydrogens is 158 g/mol. The van der Waals surface area contributed by atoms with Crippen LogP contribution in [0.25, 0.3) is 17.0 Å². The maximum atomic E-state index is 4.24. The largest absolute Gasteiger partial charge is 0.256 e. The smallest absolute Gasteiger partial charge is 0.0702 e. The van der Waals surface area contributed by atoms with Crippen LogP contribution in [-0.4, -0.2) is 4.98 Å². The summed E-state index contributed by atoms with van der Waals surface area (Å²) in [7, 11) is 0. The van der Waals surface area contributed by atoms with Crippen molar-refractivity contribution >= 4 is 17.0 Å². The fraction of sp³-hybridized carbons (Fsp3) is 0. The number of rotatable bonds is 1. The van der Waals surface area contributed by atoms with E-state index in [1.165, 1.54) is 0 Å². The maximum Gasteiger partial charge on any atom is 0.0702 e. The first-order chi connectivity index (χ1) is 6.40. The van der Waals surface area contributed by atoms with E-state index in [0.717, 1.165) is 16.5 Å². The van der Waals surface area contributed by atoms with E-state index in [1.807, 2.05) is 24.3 Å². The van der Waals surface area contributed by atoms with Gasteiger partial charge in [0.05, 0.1) is 5.52 Å². The van der Waals surface area contributed by atoms with Gasteiger partial charge < -0.3 is 0 Å². The molecule has 1 nitrogen and oxygen atoms in total. The number of fused-ring (bicyclic) bond motifs is 1. The number of hydrogen-bond donors (Lipinski definition) is 0. The Morgan fingerprint density at radius 3 is 3.00 bits per heavy atom. The Kier molecular flexibility index (Phi) is 2.09. The number of nitrogens with zero attached hydrogens (tertiary/aromatic N) is 1. The Morgan fingerprint density at radius 2 is 2.15 bits per heavy atom. The van der Waals surface area contributed by atoms with Gasteiger partial charge in [0, 0.05) is 11.6 Å². The predicted molar refractivity (Wildman–Crippen MR) is 56.1 cm³/mol. The minimum absolute atomic E-state index is 1.03. The highest BCUT2D eigenvalue weighted by molar-refractivity contribution is 5.80. The maximum absolute atomic E-state index is 4.24. The number of allylic oxidation sites excluding steroid dienone is 1. The molecule has 1 radical (unpaired) electrons. The summed E-state index contributed by atoms with van der Waals surface area (Å²) < 4.78 is 0. The molecule has 0 bridgehead atoms. The van der Waals surface area contributed by atoms with Crippen LogP contribution >= 0.6 is 0 Å². The van der Waals surface area contributed by atoms with Gasteiger partial charge >= 0.3 is 0 Å². The summed E-state index contributed by atoms with van der Waals surface area (Å²) in [6.07, 6.45) is 5.57. The van der Waals surface area contributed by atoms with Crippen LogP contribution in [0, 0.1) is 6.92 Å². The molecule has 1 aromatic carbocycles. The lowest BCUT2D eigenvalue weighted by atomic mass is 10.1. The van der Waals surface area contributed by atoms with Crippen LogP contribution in [-0.2, 0) is 0 Å². The van der Waals surface area contributed by atoms with Gasteiger partial charge in [0.2, 0.25) is 0 Å².